The van der Waals surface area contributed by atoms with Crippen LogP contribution < -0.4 is 5.32 Å². The molecule has 6 heteroatoms. The van der Waals surface area contributed by atoms with Crippen molar-refractivity contribution in [1.82, 2.24) is 10.2 Å². The molecule has 1 aromatic rings. The fourth-order valence-electron chi connectivity index (χ4n) is 2.81. The predicted molar refractivity (Wildman–Crippen MR) is 84.4 cm³/mol. The maximum atomic E-state index is 12.8. The minimum Gasteiger partial charge on any atom is -0.396 e. The number of halogens is 1. The summed E-state index contributed by atoms with van der Waals surface area (Å²) >= 11 is 0. The average molecular weight is 322 g/mol. The van der Waals surface area contributed by atoms with Gasteiger partial charge in [0, 0.05) is 37.5 Å². The molecule has 1 aliphatic carbocycles. The van der Waals surface area contributed by atoms with Gasteiger partial charge in [0.1, 0.15) is 5.82 Å². The Bertz CT molecular complexity index is 550. The Labute approximate surface area is 135 Å². The van der Waals surface area contributed by atoms with Crippen LogP contribution in [-0.2, 0) is 4.79 Å². The van der Waals surface area contributed by atoms with Crippen molar-refractivity contribution in [3.8, 4) is 0 Å². The molecule has 0 saturated heterocycles. The third kappa shape index (κ3) is 4.51. The summed E-state index contributed by atoms with van der Waals surface area (Å²) in [6.07, 6.45) is 3.19. The van der Waals surface area contributed by atoms with Crippen molar-refractivity contribution in [2.24, 2.45) is 5.41 Å². The lowest BCUT2D eigenvalue weighted by Crippen LogP contribution is -2.45. The monoisotopic (exact) mass is 322 g/mol. The molecular formula is C17H23FN2O3. The number of nitrogens with one attached hydrogen (secondary N) is 1. The van der Waals surface area contributed by atoms with E-state index in [0.29, 0.717) is 12.1 Å². The van der Waals surface area contributed by atoms with Crippen LogP contribution in [0.25, 0.3) is 0 Å². The SMILES string of the molecule is CN(CC1(CO)CCC1)C(=O)CCNC(=O)c1ccc(F)cc1. The summed E-state index contributed by atoms with van der Waals surface area (Å²) in [5.74, 6) is -0.789. The van der Waals surface area contributed by atoms with E-state index >= 15 is 0 Å². The van der Waals surface area contributed by atoms with E-state index in [1.807, 2.05) is 0 Å². The lowest BCUT2D eigenvalue weighted by atomic mass is 9.69. The van der Waals surface area contributed by atoms with Gasteiger partial charge in [0.15, 0.2) is 0 Å². The zero-order valence-electron chi connectivity index (χ0n) is 13.3. The molecular weight excluding hydrogens is 299 g/mol. The molecule has 126 valence electrons. The van der Waals surface area contributed by atoms with Crippen molar-refractivity contribution >= 4 is 11.8 Å². The van der Waals surface area contributed by atoms with Gasteiger partial charge in [0.2, 0.25) is 5.91 Å². The van der Waals surface area contributed by atoms with Crippen molar-refractivity contribution in [2.75, 3.05) is 26.7 Å². The first-order valence-electron chi connectivity index (χ1n) is 7.84. The highest BCUT2D eigenvalue weighted by Gasteiger charge is 2.38. The zero-order chi connectivity index (χ0) is 16.9. The topological polar surface area (TPSA) is 69.6 Å². The Morgan fingerprint density at radius 2 is 1.96 bits per heavy atom. The fraction of sp³-hybridized carbons (Fsp3) is 0.529. The lowest BCUT2D eigenvalue weighted by molar-refractivity contribution is -0.132. The van der Waals surface area contributed by atoms with Gasteiger partial charge < -0.3 is 15.3 Å². The van der Waals surface area contributed by atoms with Gasteiger partial charge in [-0.2, -0.15) is 0 Å². The number of hydrogen-bond acceptors (Lipinski definition) is 3. The second-order valence-corrected chi connectivity index (χ2v) is 6.27. The number of rotatable bonds is 7. The molecule has 1 aliphatic rings. The number of amides is 2. The van der Waals surface area contributed by atoms with E-state index in [0.717, 1.165) is 19.3 Å². The van der Waals surface area contributed by atoms with Gasteiger partial charge in [-0.15, -0.1) is 0 Å². The van der Waals surface area contributed by atoms with E-state index in [9.17, 15) is 19.1 Å². The van der Waals surface area contributed by atoms with Crippen molar-refractivity contribution in [1.29, 1.82) is 0 Å². The normalized spacial score (nSPS) is 15.6. The van der Waals surface area contributed by atoms with Crippen molar-refractivity contribution in [3.05, 3.63) is 35.6 Å². The minimum absolute atomic E-state index is 0.0656. The third-order valence-corrected chi connectivity index (χ3v) is 4.48. The van der Waals surface area contributed by atoms with Crippen LogP contribution in [0.5, 0.6) is 0 Å². The van der Waals surface area contributed by atoms with E-state index in [2.05, 4.69) is 5.32 Å². The molecule has 5 nitrogen and oxygen atoms in total. The number of carbonyl (C=O) groups is 2. The second-order valence-electron chi connectivity index (χ2n) is 6.27. The second kappa shape index (κ2) is 7.55. The van der Waals surface area contributed by atoms with E-state index in [1.165, 1.54) is 24.3 Å². The first-order valence-corrected chi connectivity index (χ1v) is 7.84. The first kappa shape index (κ1) is 17.4. The van der Waals surface area contributed by atoms with Gasteiger partial charge in [-0.25, -0.2) is 4.39 Å². The summed E-state index contributed by atoms with van der Waals surface area (Å²) in [5.41, 5.74) is 0.225. The van der Waals surface area contributed by atoms with E-state index in [4.69, 9.17) is 0 Å². The van der Waals surface area contributed by atoms with E-state index in [-0.39, 0.29) is 36.8 Å². The van der Waals surface area contributed by atoms with E-state index < -0.39 is 5.82 Å². The van der Waals surface area contributed by atoms with Crippen LogP contribution >= 0.6 is 0 Å². The standard InChI is InChI=1S/C17H23FN2O3/c1-20(11-17(12-21)8-2-9-17)15(22)7-10-19-16(23)13-3-5-14(18)6-4-13/h3-6,21H,2,7-12H2,1H3,(H,19,23). The molecule has 0 spiro atoms. The number of aliphatic hydroxyl groups is 1. The molecule has 0 heterocycles. The van der Waals surface area contributed by atoms with Gasteiger partial charge in [0.25, 0.3) is 5.91 Å². The predicted octanol–water partition coefficient (Wildman–Crippen LogP) is 1.57. The molecule has 0 aliphatic heterocycles. The number of hydrogen-bond donors (Lipinski definition) is 2. The third-order valence-electron chi connectivity index (χ3n) is 4.48. The van der Waals surface area contributed by atoms with Crippen molar-refractivity contribution in [2.45, 2.75) is 25.7 Å². The molecule has 0 unspecified atom stereocenters. The van der Waals surface area contributed by atoms with Gasteiger partial charge >= 0.3 is 0 Å². The summed E-state index contributed by atoms with van der Waals surface area (Å²) < 4.78 is 12.8. The van der Waals surface area contributed by atoms with Gasteiger partial charge in [-0.1, -0.05) is 6.42 Å². The highest BCUT2D eigenvalue weighted by atomic mass is 19.1. The summed E-state index contributed by atoms with van der Waals surface area (Å²) in [6, 6.07) is 5.25. The molecule has 2 amide bonds. The highest BCUT2D eigenvalue weighted by Crippen LogP contribution is 2.40. The van der Waals surface area contributed by atoms with Crippen molar-refractivity contribution in [3.63, 3.8) is 0 Å². The molecule has 1 fully saturated rings. The molecule has 0 bridgehead atoms. The maximum Gasteiger partial charge on any atom is 0.251 e. The molecule has 0 radical (unpaired) electrons. The Morgan fingerprint density at radius 1 is 1.30 bits per heavy atom. The Kier molecular flexibility index (Phi) is 5.71. The van der Waals surface area contributed by atoms with Gasteiger partial charge in [0.05, 0.1) is 6.61 Å². The quantitative estimate of drug-likeness (QED) is 0.800. The zero-order valence-corrected chi connectivity index (χ0v) is 13.3. The summed E-state index contributed by atoms with van der Waals surface area (Å²) in [7, 11) is 1.72. The van der Waals surface area contributed by atoms with Crippen LogP contribution in [0.3, 0.4) is 0 Å². The molecule has 0 atom stereocenters. The average Bonchev–Trinajstić information content (AvgIpc) is 2.51. The van der Waals surface area contributed by atoms with Gasteiger partial charge in [-0.3, -0.25) is 9.59 Å². The van der Waals surface area contributed by atoms with Crippen molar-refractivity contribution < 1.29 is 19.1 Å². The number of aliphatic hydroxyl groups excluding tert-OH is 1. The molecule has 23 heavy (non-hydrogen) atoms. The van der Waals surface area contributed by atoms with Gasteiger partial charge in [-0.05, 0) is 37.1 Å². The van der Waals surface area contributed by atoms with Crippen LogP contribution in [0, 0.1) is 11.2 Å². The summed E-state index contributed by atoms with van der Waals surface area (Å²) in [4.78, 5) is 25.6. The smallest absolute Gasteiger partial charge is 0.251 e. The molecule has 2 N–H and O–H groups in total. The van der Waals surface area contributed by atoms with Crippen LogP contribution in [-0.4, -0.2) is 48.6 Å². The molecule has 2 rings (SSSR count). The van der Waals surface area contributed by atoms with E-state index in [1.54, 1.807) is 11.9 Å². The molecule has 1 saturated carbocycles. The Balaban J connectivity index is 1.73. The summed E-state index contributed by atoms with van der Waals surface area (Å²) in [6.45, 7) is 0.881. The van der Waals surface area contributed by atoms with Crippen LogP contribution in [0.15, 0.2) is 24.3 Å². The largest absolute Gasteiger partial charge is 0.396 e. The number of nitrogens with zero attached hydrogens (tertiary/aromatic N) is 1. The maximum absolute atomic E-state index is 12.8. The Hall–Kier alpha value is -1.95. The van der Waals surface area contributed by atoms with Crippen LogP contribution in [0.1, 0.15) is 36.0 Å². The first-order chi connectivity index (χ1) is 11.0. The Morgan fingerprint density at radius 3 is 2.48 bits per heavy atom. The fourth-order valence-corrected chi connectivity index (χ4v) is 2.81. The summed E-state index contributed by atoms with van der Waals surface area (Å²) in [5, 5.41) is 12.1. The van der Waals surface area contributed by atoms with Crippen LogP contribution in [0.4, 0.5) is 4.39 Å². The lowest BCUT2D eigenvalue weighted by Gasteiger charge is -2.42. The molecule has 0 aromatic heterocycles. The highest BCUT2D eigenvalue weighted by molar-refractivity contribution is 5.94. The number of benzene rings is 1. The number of carbonyl (C=O) groups excluding carboxylic acids is 2. The van der Waals surface area contributed by atoms with Crippen LogP contribution in [0.2, 0.25) is 0 Å². The molecule has 1 aromatic carbocycles. The minimum atomic E-state index is -0.396.